The number of nitrogens with two attached hydrogens (primary N) is 1. The van der Waals surface area contributed by atoms with Crippen molar-refractivity contribution in [3.63, 3.8) is 0 Å². The van der Waals surface area contributed by atoms with Gasteiger partial charge in [-0.1, -0.05) is 18.5 Å². The van der Waals surface area contributed by atoms with Crippen molar-refractivity contribution in [2.75, 3.05) is 5.73 Å². The minimum Gasteiger partial charge on any atom is -0.397 e. The fourth-order valence-corrected chi connectivity index (χ4v) is 1.41. The largest absolute Gasteiger partial charge is 0.397 e. The average Bonchev–Trinajstić information content (AvgIpc) is 2.09. The fraction of sp³-hybridized carbons (Fsp3) is 0.300. The molecule has 0 amide bonds. The third-order valence-corrected chi connectivity index (χ3v) is 2.37. The Morgan fingerprint density at radius 2 is 2.15 bits per heavy atom. The Labute approximate surface area is 82.7 Å². The molecule has 0 saturated heterocycles. The molecule has 0 radical (unpaired) electrons. The van der Waals surface area contributed by atoms with E-state index in [0.717, 1.165) is 12.0 Å². The predicted molar refractivity (Wildman–Crippen MR) is 55.2 cm³/mol. The fourth-order valence-electron chi connectivity index (χ4n) is 1.17. The first-order chi connectivity index (χ1) is 6.06. The molecule has 13 heavy (non-hydrogen) atoms. The van der Waals surface area contributed by atoms with Crippen LogP contribution in [-0.4, -0.2) is 5.78 Å². The topological polar surface area (TPSA) is 43.1 Å². The summed E-state index contributed by atoms with van der Waals surface area (Å²) in [6.07, 6.45) is 0.849. The van der Waals surface area contributed by atoms with Gasteiger partial charge in [-0.2, -0.15) is 0 Å². The van der Waals surface area contributed by atoms with Crippen molar-refractivity contribution < 1.29 is 4.79 Å². The number of carbonyl (C=O) groups is 1. The summed E-state index contributed by atoms with van der Waals surface area (Å²) in [6.45, 7) is 3.49. The summed E-state index contributed by atoms with van der Waals surface area (Å²) in [7, 11) is 0. The first-order valence-electron chi connectivity index (χ1n) is 4.15. The van der Waals surface area contributed by atoms with E-state index in [9.17, 15) is 4.79 Å². The molecule has 0 aromatic heterocycles. The van der Waals surface area contributed by atoms with Crippen molar-refractivity contribution >= 4 is 23.1 Å². The summed E-state index contributed by atoms with van der Waals surface area (Å²) in [5.74, 6) is -0.0491. The van der Waals surface area contributed by atoms with Gasteiger partial charge in [0.15, 0.2) is 5.78 Å². The number of halogens is 1. The summed E-state index contributed by atoms with van der Waals surface area (Å²) in [6, 6.07) is 3.59. The van der Waals surface area contributed by atoms with Gasteiger partial charge in [-0.25, -0.2) is 0 Å². The SMILES string of the molecule is CCc1cc(N)c(Cl)c(C(C)=O)c1. The number of anilines is 1. The Morgan fingerprint density at radius 1 is 1.54 bits per heavy atom. The third kappa shape index (κ3) is 2.01. The van der Waals surface area contributed by atoms with Crippen LogP contribution < -0.4 is 5.73 Å². The maximum absolute atomic E-state index is 11.1. The molecule has 0 aliphatic carbocycles. The van der Waals surface area contributed by atoms with Crippen LogP contribution in [0.3, 0.4) is 0 Å². The number of hydrogen-bond donors (Lipinski definition) is 1. The van der Waals surface area contributed by atoms with Crippen LogP contribution in [-0.2, 0) is 6.42 Å². The number of hydrogen-bond acceptors (Lipinski definition) is 2. The molecule has 0 bridgehead atoms. The molecule has 2 nitrogen and oxygen atoms in total. The molecule has 0 heterocycles. The number of rotatable bonds is 2. The number of carbonyl (C=O) groups excluding carboxylic acids is 1. The lowest BCUT2D eigenvalue weighted by Gasteiger charge is -2.06. The van der Waals surface area contributed by atoms with Crippen molar-refractivity contribution in [2.24, 2.45) is 0 Å². The van der Waals surface area contributed by atoms with E-state index < -0.39 is 0 Å². The third-order valence-electron chi connectivity index (χ3n) is 1.95. The molecule has 70 valence electrons. The molecule has 0 aliphatic heterocycles. The second-order valence-corrected chi connectivity index (χ2v) is 3.33. The second kappa shape index (κ2) is 3.79. The monoisotopic (exact) mass is 197 g/mol. The van der Waals surface area contributed by atoms with Crippen LogP contribution in [0.2, 0.25) is 5.02 Å². The van der Waals surface area contributed by atoms with Crippen LogP contribution in [0.1, 0.15) is 29.8 Å². The Bertz CT molecular complexity index is 347. The predicted octanol–water partition coefficient (Wildman–Crippen LogP) is 2.69. The minimum absolute atomic E-state index is 0.0491. The van der Waals surface area contributed by atoms with E-state index >= 15 is 0 Å². The van der Waals surface area contributed by atoms with Crippen molar-refractivity contribution in [3.05, 3.63) is 28.3 Å². The van der Waals surface area contributed by atoms with Gasteiger partial charge in [-0.05, 0) is 31.0 Å². The van der Waals surface area contributed by atoms with E-state index in [1.54, 1.807) is 12.1 Å². The summed E-state index contributed by atoms with van der Waals surface area (Å²) >= 11 is 5.87. The molecular formula is C10H12ClNO. The van der Waals surface area contributed by atoms with E-state index in [0.29, 0.717) is 16.3 Å². The molecule has 0 unspecified atom stereocenters. The summed E-state index contributed by atoms with van der Waals surface area (Å²) < 4.78 is 0. The van der Waals surface area contributed by atoms with Gasteiger partial charge >= 0.3 is 0 Å². The number of Topliss-reactive ketones (excluding diaryl/α,β-unsaturated/α-hetero) is 1. The Morgan fingerprint density at radius 3 is 2.62 bits per heavy atom. The smallest absolute Gasteiger partial charge is 0.161 e. The van der Waals surface area contributed by atoms with Crippen LogP contribution in [0.5, 0.6) is 0 Å². The Balaban J connectivity index is 3.33. The van der Waals surface area contributed by atoms with Gasteiger partial charge in [-0.3, -0.25) is 4.79 Å². The van der Waals surface area contributed by atoms with Gasteiger partial charge in [0.05, 0.1) is 10.7 Å². The van der Waals surface area contributed by atoms with Crippen LogP contribution in [0.15, 0.2) is 12.1 Å². The van der Waals surface area contributed by atoms with E-state index in [4.69, 9.17) is 17.3 Å². The zero-order valence-corrected chi connectivity index (χ0v) is 8.48. The van der Waals surface area contributed by atoms with Crippen molar-refractivity contribution in [1.29, 1.82) is 0 Å². The van der Waals surface area contributed by atoms with Crippen LogP contribution >= 0.6 is 11.6 Å². The highest BCUT2D eigenvalue weighted by Crippen LogP contribution is 2.25. The van der Waals surface area contributed by atoms with Crippen LogP contribution in [0, 0.1) is 0 Å². The standard InChI is InChI=1S/C10H12ClNO/c1-3-7-4-8(6(2)13)10(11)9(12)5-7/h4-5H,3,12H2,1-2H3. The first kappa shape index (κ1) is 10.1. The minimum atomic E-state index is -0.0491. The highest BCUT2D eigenvalue weighted by molar-refractivity contribution is 6.36. The lowest BCUT2D eigenvalue weighted by Crippen LogP contribution is -1.99. The molecule has 0 saturated carbocycles. The van der Waals surface area contributed by atoms with Crippen molar-refractivity contribution in [3.8, 4) is 0 Å². The van der Waals surface area contributed by atoms with E-state index in [1.807, 2.05) is 6.92 Å². The highest BCUT2D eigenvalue weighted by Gasteiger charge is 2.09. The lowest BCUT2D eigenvalue weighted by molar-refractivity contribution is 0.101. The lowest BCUT2D eigenvalue weighted by atomic mass is 10.0. The summed E-state index contributed by atoms with van der Waals surface area (Å²) in [5.41, 5.74) is 7.68. The van der Waals surface area contributed by atoms with Gasteiger partial charge in [0.25, 0.3) is 0 Å². The Kier molecular flexibility index (Phi) is 2.94. The molecule has 1 rings (SSSR count). The molecule has 3 heteroatoms. The first-order valence-corrected chi connectivity index (χ1v) is 4.53. The van der Waals surface area contributed by atoms with Crippen LogP contribution in [0.25, 0.3) is 0 Å². The quantitative estimate of drug-likeness (QED) is 0.585. The maximum Gasteiger partial charge on any atom is 0.161 e. The number of ketones is 1. The number of aryl methyl sites for hydroxylation is 1. The summed E-state index contributed by atoms with van der Waals surface area (Å²) in [4.78, 5) is 11.1. The molecule has 0 aliphatic rings. The van der Waals surface area contributed by atoms with Gasteiger partial charge in [0, 0.05) is 5.56 Å². The molecule has 1 aromatic rings. The Hall–Kier alpha value is -1.02. The second-order valence-electron chi connectivity index (χ2n) is 2.96. The number of benzene rings is 1. The zero-order valence-electron chi connectivity index (χ0n) is 7.73. The van der Waals surface area contributed by atoms with Crippen LogP contribution in [0.4, 0.5) is 5.69 Å². The van der Waals surface area contributed by atoms with Gasteiger partial charge in [-0.15, -0.1) is 0 Å². The average molecular weight is 198 g/mol. The molecule has 0 spiro atoms. The van der Waals surface area contributed by atoms with Gasteiger partial charge in [0.1, 0.15) is 0 Å². The zero-order chi connectivity index (χ0) is 10.0. The van der Waals surface area contributed by atoms with Crippen molar-refractivity contribution in [1.82, 2.24) is 0 Å². The number of nitrogen functional groups attached to an aromatic ring is 1. The van der Waals surface area contributed by atoms with Gasteiger partial charge < -0.3 is 5.73 Å². The van der Waals surface area contributed by atoms with E-state index in [2.05, 4.69) is 0 Å². The molecule has 0 atom stereocenters. The normalized spacial score (nSPS) is 10.1. The van der Waals surface area contributed by atoms with Crippen molar-refractivity contribution in [2.45, 2.75) is 20.3 Å². The van der Waals surface area contributed by atoms with E-state index in [1.165, 1.54) is 6.92 Å². The molecule has 2 N–H and O–H groups in total. The highest BCUT2D eigenvalue weighted by atomic mass is 35.5. The maximum atomic E-state index is 11.1. The van der Waals surface area contributed by atoms with Gasteiger partial charge in [0.2, 0.25) is 0 Å². The molecular weight excluding hydrogens is 186 g/mol. The molecule has 0 fully saturated rings. The summed E-state index contributed by atoms with van der Waals surface area (Å²) in [5, 5.41) is 0.365. The van der Waals surface area contributed by atoms with E-state index in [-0.39, 0.29) is 5.78 Å². The molecule has 1 aromatic carbocycles.